The van der Waals surface area contributed by atoms with Crippen LogP contribution in [0.25, 0.3) is 0 Å². The zero-order valence-electron chi connectivity index (χ0n) is 12.8. The van der Waals surface area contributed by atoms with Crippen molar-refractivity contribution in [1.29, 1.82) is 0 Å². The van der Waals surface area contributed by atoms with Crippen molar-refractivity contribution in [3.63, 3.8) is 0 Å². The van der Waals surface area contributed by atoms with E-state index in [1.807, 2.05) is 6.92 Å². The number of esters is 1. The third-order valence-electron chi connectivity index (χ3n) is 3.88. The van der Waals surface area contributed by atoms with Crippen LogP contribution in [0.2, 0.25) is 0 Å². The fourth-order valence-electron chi connectivity index (χ4n) is 2.74. The molecule has 0 spiro atoms. The van der Waals surface area contributed by atoms with Gasteiger partial charge in [-0.25, -0.2) is 0 Å². The van der Waals surface area contributed by atoms with Crippen LogP contribution in [-0.2, 0) is 9.53 Å². The Morgan fingerprint density at radius 3 is 2.58 bits per heavy atom. The van der Waals surface area contributed by atoms with Crippen LogP contribution in [-0.4, -0.2) is 49.7 Å². The first-order chi connectivity index (χ1) is 9.19. The zero-order valence-corrected chi connectivity index (χ0v) is 12.8. The highest BCUT2D eigenvalue weighted by Crippen LogP contribution is 2.21. The Morgan fingerprint density at radius 1 is 1.32 bits per heavy atom. The summed E-state index contributed by atoms with van der Waals surface area (Å²) in [4.78, 5) is 14.3. The number of carbonyl (C=O) groups excluding carboxylic acids is 1. The Bertz CT molecular complexity index is 253. The van der Waals surface area contributed by atoms with Crippen LogP contribution in [0.4, 0.5) is 0 Å². The largest absolute Gasteiger partial charge is 0.465 e. The van der Waals surface area contributed by atoms with Gasteiger partial charge in [-0.1, -0.05) is 26.2 Å². The minimum atomic E-state index is -0.188. The van der Waals surface area contributed by atoms with Gasteiger partial charge >= 0.3 is 5.97 Å². The number of likely N-dealkylation sites (N-methyl/N-ethyl adjacent to an activating group) is 1. The van der Waals surface area contributed by atoms with Crippen molar-refractivity contribution in [2.75, 3.05) is 26.7 Å². The summed E-state index contributed by atoms with van der Waals surface area (Å²) in [6.45, 7) is 6.04. The molecule has 1 fully saturated rings. The highest BCUT2D eigenvalue weighted by atomic mass is 16.5. The van der Waals surface area contributed by atoms with Gasteiger partial charge in [0.25, 0.3) is 0 Å². The Morgan fingerprint density at radius 2 is 2.00 bits per heavy atom. The summed E-state index contributed by atoms with van der Waals surface area (Å²) in [6, 6.07) is 0.445. The summed E-state index contributed by atoms with van der Waals surface area (Å²) in [5, 5.41) is 3.31. The molecule has 1 saturated carbocycles. The smallest absolute Gasteiger partial charge is 0.324 e. The van der Waals surface area contributed by atoms with Gasteiger partial charge in [0.2, 0.25) is 0 Å². The van der Waals surface area contributed by atoms with Gasteiger partial charge in [-0.2, -0.15) is 0 Å². The van der Waals surface area contributed by atoms with E-state index in [1.165, 1.54) is 32.1 Å². The maximum atomic E-state index is 12.0. The molecule has 0 bridgehead atoms. The van der Waals surface area contributed by atoms with Crippen molar-refractivity contribution in [3.05, 3.63) is 0 Å². The Kier molecular flexibility index (Phi) is 8.07. The molecule has 0 aromatic heterocycles. The third kappa shape index (κ3) is 5.91. The SMILES string of the molecule is CCCNC(CN(C)C1CCCCC1)C(=O)OCC. The second-order valence-corrected chi connectivity index (χ2v) is 5.49. The Hall–Kier alpha value is -0.610. The second-order valence-electron chi connectivity index (χ2n) is 5.49. The van der Waals surface area contributed by atoms with Crippen molar-refractivity contribution in [2.45, 2.75) is 64.5 Å². The van der Waals surface area contributed by atoms with Gasteiger partial charge in [0.1, 0.15) is 6.04 Å². The molecule has 0 aromatic rings. The number of ether oxygens (including phenoxy) is 1. The van der Waals surface area contributed by atoms with E-state index in [0.717, 1.165) is 19.5 Å². The molecule has 19 heavy (non-hydrogen) atoms. The summed E-state index contributed by atoms with van der Waals surface area (Å²) in [7, 11) is 2.13. The molecule has 0 radical (unpaired) electrons. The molecule has 4 heteroatoms. The van der Waals surface area contributed by atoms with E-state index in [1.54, 1.807) is 0 Å². The number of nitrogens with zero attached hydrogens (tertiary/aromatic N) is 1. The lowest BCUT2D eigenvalue weighted by Crippen LogP contribution is -2.49. The van der Waals surface area contributed by atoms with E-state index in [-0.39, 0.29) is 12.0 Å². The molecule has 1 aliphatic rings. The zero-order chi connectivity index (χ0) is 14.1. The monoisotopic (exact) mass is 270 g/mol. The summed E-state index contributed by atoms with van der Waals surface area (Å²) < 4.78 is 5.16. The molecule has 0 amide bonds. The third-order valence-corrected chi connectivity index (χ3v) is 3.88. The van der Waals surface area contributed by atoms with E-state index < -0.39 is 0 Å². The summed E-state index contributed by atoms with van der Waals surface area (Å²) in [6.07, 6.45) is 7.56. The van der Waals surface area contributed by atoms with Gasteiger partial charge in [0.05, 0.1) is 6.61 Å². The van der Waals surface area contributed by atoms with Crippen molar-refractivity contribution >= 4 is 5.97 Å². The molecule has 1 aliphatic carbocycles. The van der Waals surface area contributed by atoms with Crippen molar-refractivity contribution in [3.8, 4) is 0 Å². The van der Waals surface area contributed by atoms with E-state index >= 15 is 0 Å². The lowest BCUT2D eigenvalue weighted by atomic mass is 9.94. The van der Waals surface area contributed by atoms with Crippen molar-refractivity contribution in [1.82, 2.24) is 10.2 Å². The van der Waals surface area contributed by atoms with E-state index in [9.17, 15) is 4.79 Å². The van der Waals surface area contributed by atoms with E-state index in [4.69, 9.17) is 4.74 Å². The highest BCUT2D eigenvalue weighted by Gasteiger charge is 2.25. The maximum absolute atomic E-state index is 12.0. The van der Waals surface area contributed by atoms with Gasteiger partial charge in [0, 0.05) is 12.6 Å². The molecule has 1 N–H and O–H groups in total. The van der Waals surface area contributed by atoms with Crippen molar-refractivity contribution < 1.29 is 9.53 Å². The molecule has 0 aliphatic heterocycles. The first-order valence-corrected chi connectivity index (χ1v) is 7.79. The quantitative estimate of drug-likeness (QED) is 0.686. The average molecular weight is 270 g/mol. The molecule has 0 heterocycles. The molecular weight excluding hydrogens is 240 g/mol. The summed E-state index contributed by atoms with van der Waals surface area (Å²) >= 11 is 0. The molecular formula is C15H30N2O2. The normalized spacial score (nSPS) is 18.5. The van der Waals surface area contributed by atoms with E-state index in [0.29, 0.717) is 12.6 Å². The number of carbonyl (C=O) groups is 1. The summed E-state index contributed by atoms with van der Waals surface area (Å²) in [5.41, 5.74) is 0. The topological polar surface area (TPSA) is 41.6 Å². The van der Waals surface area contributed by atoms with Gasteiger partial charge < -0.3 is 15.0 Å². The Balaban J connectivity index is 2.46. The van der Waals surface area contributed by atoms with Crippen LogP contribution >= 0.6 is 0 Å². The van der Waals surface area contributed by atoms with Crippen LogP contribution in [0, 0.1) is 0 Å². The summed E-state index contributed by atoms with van der Waals surface area (Å²) in [5.74, 6) is -0.112. The fraction of sp³-hybridized carbons (Fsp3) is 0.933. The molecule has 0 aromatic carbocycles. The molecule has 112 valence electrons. The van der Waals surface area contributed by atoms with Crippen LogP contribution in [0.3, 0.4) is 0 Å². The molecule has 4 nitrogen and oxygen atoms in total. The van der Waals surface area contributed by atoms with Crippen LogP contribution < -0.4 is 5.32 Å². The number of hydrogen-bond donors (Lipinski definition) is 1. The number of hydrogen-bond acceptors (Lipinski definition) is 4. The predicted octanol–water partition coefficient (Wildman–Crippen LogP) is 2.18. The first kappa shape index (κ1) is 16.4. The molecule has 1 atom stereocenters. The Labute approximate surface area is 117 Å². The van der Waals surface area contributed by atoms with Gasteiger partial charge in [-0.3, -0.25) is 4.79 Å². The van der Waals surface area contributed by atoms with Crippen molar-refractivity contribution in [2.24, 2.45) is 0 Å². The molecule has 1 unspecified atom stereocenters. The van der Waals surface area contributed by atoms with Gasteiger partial charge in [0.15, 0.2) is 0 Å². The standard InChI is InChI=1S/C15H30N2O2/c1-4-11-16-14(15(18)19-5-2)12-17(3)13-9-7-6-8-10-13/h13-14,16H,4-12H2,1-3H3. The minimum Gasteiger partial charge on any atom is -0.465 e. The fourth-order valence-corrected chi connectivity index (χ4v) is 2.74. The van der Waals surface area contributed by atoms with Gasteiger partial charge in [-0.05, 0) is 39.8 Å². The van der Waals surface area contributed by atoms with Crippen LogP contribution in [0.15, 0.2) is 0 Å². The maximum Gasteiger partial charge on any atom is 0.324 e. The van der Waals surface area contributed by atoms with Crippen LogP contribution in [0.5, 0.6) is 0 Å². The number of nitrogens with one attached hydrogen (secondary N) is 1. The van der Waals surface area contributed by atoms with E-state index in [2.05, 4.69) is 24.2 Å². The van der Waals surface area contributed by atoms with Gasteiger partial charge in [-0.15, -0.1) is 0 Å². The number of rotatable bonds is 8. The highest BCUT2D eigenvalue weighted by molar-refractivity contribution is 5.76. The molecule has 0 saturated heterocycles. The average Bonchev–Trinajstić information content (AvgIpc) is 2.44. The molecule has 1 rings (SSSR count). The van der Waals surface area contributed by atoms with Crippen LogP contribution in [0.1, 0.15) is 52.4 Å². The first-order valence-electron chi connectivity index (χ1n) is 7.79. The minimum absolute atomic E-state index is 0.112. The lowest BCUT2D eigenvalue weighted by Gasteiger charge is -2.33. The second kappa shape index (κ2) is 9.32. The predicted molar refractivity (Wildman–Crippen MR) is 78.2 cm³/mol. The lowest BCUT2D eigenvalue weighted by molar-refractivity contribution is -0.146.